The minimum Gasteiger partial charge on any atom is -0.366 e. The number of anilines is 2. The smallest absolute Gasteiger partial charge is 0.134 e. The van der Waals surface area contributed by atoms with E-state index in [0.717, 1.165) is 35.7 Å². The molecule has 20 heavy (non-hydrogen) atoms. The van der Waals surface area contributed by atoms with Crippen molar-refractivity contribution >= 4 is 27.6 Å². The molecule has 0 aliphatic carbocycles. The number of hydrogen-bond donors (Lipinski definition) is 1. The lowest BCUT2D eigenvalue weighted by molar-refractivity contribution is 0.925. The molecule has 4 nitrogen and oxygen atoms in total. The Hall–Kier alpha value is -1.62. The molecule has 104 valence electrons. The van der Waals surface area contributed by atoms with Crippen molar-refractivity contribution < 1.29 is 0 Å². The van der Waals surface area contributed by atoms with E-state index in [4.69, 9.17) is 0 Å². The summed E-state index contributed by atoms with van der Waals surface area (Å²) < 4.78 is 1.11. The van der Waals surface area contributed by atoms with Gasteiger partial charge in [-0.05, 0) is 24.5 Å². The summed E-state index contributed by atoms with van der Waals surface area (Å²) >= 11 is 3.56. The number of benzene rings is 1. The molecule has 0 amide bonds. The van der Waals surface area contributed by atoms with Crippen LogP contribution in [-0.2, 0) is 6.54 Å². The zero-order valence-electron chi connectivity index (χ0n) is 11.2. The number of hydrogen-bond acceptors (Lipinski definition) is 4. The third-order valence-electron chi connectivity index (χ3n) is 3.50. The third kappa shape index (κ3) is 3.10. The van der Waals surface area contributed by atoms with Crippen molar-refractivity contribution in [3.05, 3.63) is 46.7 Å². The molecule has 0 saturated carbocycles. The van der Waals surface area contributed by atoms with Gasteiger partial charge < -0.3 is 10.2 Å². The van der Waals surface area contributed by atoms with Gasteiger partial charge in [0, 0.05) is 30.2 Å². The lowest BCUT2D eigenvalue weighted by atomic mass is 10.2. The predicted molar refractivity (Wildman–Crippen MR) is 84.9 cm³/mol. The molecule has 1 aromatic heterocycles. The Morgan fingerprint density at radius 1 is 1.15 bits per heavy atom. The number of halogens is 1. The zero-order chi connectivity index (χ0) is 13.8. The van der Waals surface area contributed by atoms with Crippen LogP contribution in [0.3, 0.4) is 0 Å². The molecule has 1 saturated heterocycles. The van der Waals surface area contributed by atoms with Crippen LogP contribution in [0.4, 0.5) is 11.6 Å². The number of nitrogens with one attached hydrogen (secondary N) is 1. The highest BCUT2D eigenvalue weighted by atomic mass is 79.9. The van der Waals surface area contributed by atoms with Crippen molar-refractivity contribution in [2.75, 3.05) is 23.3 Å². The highest BCUT2D eigenvalue weighted by Gasteiger charge is 2.13. The van der Waals surface area contributed by atoms with Crippen LogP contribution in [-0.4, -0.2) is 23.1 Å². The van der Waals surface area contributed by atoms with Gasteiger partial charge in [0.2, 0.25) is 0 Å². The van der Waals surface area contributed by atoms with Crippen LogP contribution < -0.4 is 10.2 Å². The standard InChI is InChI=1S/C15H17BrN4/c16-13-6-2-1-5-12(13)10-17-14-9-15(19-11-18-14)20-7-3-4-8-20/h1-2,5-6,9,11H,3-4,7-8,10H2,(H,17,18,19). The van der Waals surface area contributed by atoms with E-state index in [2.05, 4.69) is 42.2 Å². The topological polar surface area (TPSA) is 41.0 Å². The Bertz CT molecular complexity index is 582. The van der Waals surface area contributed by atoms with Gasteiger partial charge in [0.1, 0.15) is 18.0 Å². The van der Waals surface area contributed by atoms with Crippen LogP contribution in [0.2, 0.25) is 0 Å². The van der Waals surface area contributed by atoms with Crippen LogP contribution >= 0.6 is 15.9 Å². The quantitative estimate of drug-likeness (QED) is 0.930. The molecule has 1 fully saturated rings. The van der Waals surface area contributed by atoms with Crippen molar-refractivity contribution in [1.82, 2.24) is 9.97 Å². The third-order valence-corrected chi connectivity index (χ3v) is 4.27. The molecule has 0 unspecified atom stereocenters. The van der Waals surface area contributed by atoms with Gasteiger partial charge in [0.15, 0.2) is 0 Å². The molecule has 0 atom stereocenters. The first-order chi connectivity index (χ1) is 9.83. The Morgan fingerprint density at radius 3 is 2.75 bits per heavy atom. The molecule has 2 aromatic rings. The zero-order valence-corrected chi connectivity index (χ0v) is 12.8. The first kappa shape index (κ1) is 13.4. The Labute approximate surface area is 127 Å². The molecule has 5 heteroatoms. The minimum absolute atomic E-state index is 0.748. The van der Waals surface area contributed by atoms with Gasteiger partial charge in [-0.25, -0.2) is 9.97 Å². The van der Waals surface area contributed by atoms with Crippen molar-refractivity contribution in [1.29, 1.82) is 0 Å². The van der Waals surface area contributed by atoms with Gasteiger partial charge in [0.25, 0.3) is 0 Å². The summed E-state index contributed by atoms with van der Waals surface area (Å²) in [4.78, 5) is 11.0. The number of nitrogens with zero attached hydrogens (tertiary/aromatic N) is 3. The van der Waals surface area contributed by atoms with E-state index < -0.39 is 0 Å². The van der Waals surface area contributed by atoms with Crippen LogP contribution in [0.5, 0.6) is 0 Å². The molecule has 1 aliphatic heterocycles. The first-order valence-corrected chi connectivity index (χ1v) is 7.66. The average molecular weight is 333 g/mol. The highest BCUT2D eigenvalue weighted by Crippen LogP contribution is 2.21. The van der Waals surface area contributed by atoms with Gasteiger partial charge in [0.05, 0.1) is 0 Å². The summed E-state index contributed by atoms with van der Waals surface area (Å²) in [5, 5.41) is 3.36. The average Bonchev–Trinajstić information content (AvgIpc) is 3.01. The minimum atomic E-state index is 0.748. The highest BCUT2D eigenvalue weighted by molar-refractivity contribution is 9.10. The fourth-order valence-electron chi connectivity index (χ4n) is 2.39. The fourth-order valence-corrected chi connectivity index (χ4v) is 2.82. The largest absolute Gasteiger partial charge is 0.366 e. The molecular weight excluding hydrogens is 316 g/mol. The van der Waals surface area contributed by atoms with Gasteiger partial charge in [-0.3, -0.25) is 0 Å². The predicted octanol–water partition coefficient (Wildman–Crippen LogP) is 3.45. The summed E-state index contributed by atoms with van der Waals surface area (Å²) in [7, 11) is 0. The maximum atomic E-state index is 4.36. The van der Waals surface area contributed by atoms with E-state index >= 15 is 0 Å². The summed E-state index contributed by atoms with van der Waals surface area (Å²) in [6.45, 7) is 2.94. The summed E-state index contributed by atoms with van der Waals surface area (Å²) in [6.07, 6.45) is 4.14. The van der Waals surface area contributed by atoms with E-state index in [1.54, 1.807) is 6.33 Å². The molecule has 2 heterocycles. The molecule has 1 aliphatic rings. The molecule has 1 aromatic carbocycles. The summed E-state index contributed by atoms with van der Waals surface area (Å²) in [6, 6.07) is 10.2. The summed E-state index contributed by atoms with van der Waals surface area (Å²) in [5.41, 5.74) is 1.22. The van der Waals surface area contributed by atoms with Crippen LogP contribution in [0.15, 0.2) is 41.1 Å². The van der Waals surface area contributed by atoms with E-state index in [0.29, 0.717) is 0 Å². The lowest BCUT2D eigenvalue weighted by Gasteiger charge is -2.16. The normalized spacial score (nSPS) is 14.6. The Balaban J connectivity index is 1.68. The van der Waals surface area contributed by atoms with E-state index in [-0.39, 0.29) is 0 Å². The second-order valence-corrected chi connectivity index (χ2v) is 5.75. The maximum Gasteiger partial charge on any atom is 0.134 e. The monoisotopic (exact) mass is 332 g/mol. The Kier molecular flexibility index (Phi) is 4.16. The van der Waals surface area contributed by atoms with Gasteiger partial charge in [-0.1, -0.05) is 34.1 Å². The number of rotatable bonds is 4. The second kappa shape index (κ2) is 6.22. The van der Waals surface area contributed by atoms with Crippen molar-refractivity contribution in [3.63, 3.8) is 0 Å². The molecule has 1 N–H and O–H groups in total. The van der Waals surface area contributed by atoms with Crippen molar-refractivity contribution in [3.8, 4) is 0 Å². The molecule has 0 spiro atoms. The van der Waals surface area contributed by atoms with Crippen LogP contribution in [0, 0.1) is 0 Å². The van der Waals surface area contributed by atoms with Crippen molar-refractivity contribution in [2.24, 2.45) is 0 Å². The fraction of sp³-hybridized carbons (Fsp3) is 0.333. The lowest BCUT2D eigenvalue weighted by Crippen LogP contribution is -2.19. The molecule has 0 bridgehead atoms. The second-order valence-electron chi connectivity index (χ2n) is 4.90. The van der Waals surface area contributed by atoms with Crippen LogP contribution in [0.25, 0.3) is 0 Å². The molecule has 0 radical (unpaired) electrons. The first-order valence-electron chi connectivity index (χ1n) is 6.87. The van der Waals surface area contributed by atoms with E-state index in [1.165, 1.54) is 18.4 Å². The molecular formula is C15H17BrN4. The van der Waals surface area contributed by atoms with Gasteiger partial charge >= 0.3 is 0 Å². The molecule has 3 rings (SSSR count). The van der Waals surface area contributed by atoms with E-state index in [1.807, 2.05) is 24.3 Å². The maximum absolute atomic E-state index is 4.36. The number of aromatic nitrogens is 2. The SMILES string of the molecule is Brc1ccccc1CNc1cc(N2CCCC2)ncn1. The Morgan fingerprint density at radius 2 is 1.95 bits per heavy atom. The van der Waals surface area contributed by atoms with Gasteiger partial charge in [-0.15, -0.1) is 0 Å². The summed E-state index contributed by atoms with van der Waals surface area (Å²) in [5.74, 6) is 1.89. The van der Waals surface area contributed by atoms with Crippen molar-refractivity contribution in [2.45, 2.75) is 19.4 Å². The van der Waals surface area contributed by atoms with Gasteiger partial charge in [-0.2, -0.15) is 0 Å². The van der Waals surface area contributed by atoms with E-state index in [9.17, 15) is 0 Å². The van der Waals surface area contributed by atoms with Crippen LogP contribution in [0.1, 0.15) is 18.4 Å².